The van der Waals surface area contributed by atoms with Crippen LogP contribution < -0.4 is 10.1 Å². The highest BCUT2D eigenvalue weighted by molar-refractivity contribution is 5.94. The number of carboxylic acid groups (broad SMARTS) is 1. The van der Waals surface area contributed by atoms with E-state index in [1.54, 1.807) is 30.3 Å². The second kappa shape index (κ2) is 5.40. The van der Waals surface area contributed by atoms with E-state index in [0.29, 0.717) is 11.2 Å². The van der Waals surface area contributed by atoms with Gasteiger partial charge in [0.25, 0.3) is 0 Å². The van der Waals surface area contributed by atoms with E-state index in [4.69, 9.17) is 9.84 Å². The van der Waals surface area contributed by atoms with Gasteiger partial charge in [-0.1, -0.05) is 6.07 Å². The van der Waals surface area contributed by atoms with Gasteiger partial charge in [0.05, 0.1) is 7.11 Å². The number of nitrogens with one attached hydrogen (secondary N) is 2. The van der Waals surface area contributed by atoms with Crippen molar-refractivity contribution >= 4 is 28.2 Å². The Morgan fingerprint density at radius 3 is 2.59 bits per heavy atom. The molecule has 6 heteroatoms. The van der Waals surface area contributed by atoms with Crippen LogP contribution in [0.1, 0.15) is 10.5 Å². The summed E-state index contributed by atoms with van der Waals surface area (Å²) in [6, 6.07) is 11.5. The maximum Gasteiger partial charge on any atom is 0.352 e. The largest absolute Gasteiger partial charge is 0.494 e. The molecule has 0 aliphatic rings. The highest BCUT2D eigenvalue weighted by Crippen LogP contribution is 2.26. The molecule has 0 aliphatic carbocycles. The summed E-state index contributed by atoms with van der Waals surface area (Å²) in [6.45, 7) is 0. The highest BCUT2D eigenvalue weighted by atomic mass is 19.1. The first kappa shape index (κ1) is 13.9. The number of benzene rings is 2. The lowest BCUT2D eigenvalue weighted by atomic mass is 10.2. The SMILES string of the molecule is COc1ccc(Nc2ccc3cc(C(=O)O)[nH]c3c2)cc1F. The van der Waals surface area contributed by atoms with E-state index in [2.05, 4.69) is 10.3 Å². The van der Waals surface area contributed by atoms with Gasteiger partial charge in [0.15, 0.2) is 11.6 Å². The smallest absolute Gasteiger partial charge is 0.352 e. The minimum Gasteiger partial charge on any atom is -0.494 e. The number of hydrogen-bond acceptors (Lipinski definition) is 3. The van der Waals surface area contributed by atoms with Crippen molar-refractivity contribution in [2.45, 2.75) is 0 Å². The van der Waals surface area contributed by atoms with Crippen LogP contribution in [-0.4, -0.2) is 23.2 Å². The number of methoxy groups -OCH3 is 1. The molecule has 0 saturated carbocycles. The molecule has 0 amide bonds. The van der Waals surface area contributed by atoms with Crippen LogP contribution in [0.4, 0.5) is 15.8 Å². The number of aromatic amines is 1. The zero-order valence-corrected chi connectivity index (χ0v) is 11.7. The quantitative estimate of drug-likeness (QED) is 0.686. The van der Waals surface area contributed by atoms with Crippen LogP contribution in [0.25, 0.3) is 10.9 Å². The molecule has 0 fully saturated rings. The summed E-state index contributed by atoms with van der Waals surface area (Å²) in [5.41, 5.74) is 2.11. The summed E-state index contributed by atoms with van der Waals surface area (Å²) < 4.78 is 18.5. The van der Waals surface area contributed by atoms with E-state index in [9.17, 15) is 9.18 Å². The van der Waals surface area contributed by atoms with Gasteiger partial charge in [-0.25, -0.2) is 9.18 Å². The molecule has 0 unspecified atom stereocenters. The predicted molar refractivity (Wildman–Crippen MR) is 81.5 cm³/mol. The zero-order chi connectivity index (χ0) is 15.7. The van der Waals surface area contributed by atoms with Crippen LogP contribution >= 0.6 is 0 Å². The van der Waals surface area contributed by atoms with Gasteiger partial charge in [0.1, 0.15) is 5.69 Å². The third-order valence-electron chi connectivity index (χ3n) is 3.29. The Bertz CT molecular complexity index is 858. The van der Waals surface area contributed by atoms with Gasteiger partial charge < -0.3 is 20.1 Å². The number of fused-ring (bicyclic) bond motifs is 1. The van der Waals surface area contributed by atoms with Crippen molar-refractivity contribution in [2.24, 2.45) is 0 Å². The molecule has 1 aromatic heterocycles. The van der Waals surface area contributed by atoms with Crippen molar-refractivity contribution < 1.29 is 19.0 Å². The minimum atomic E-state index is -1.01. The van der Waals surface area contributed by atoms with Gasteiger partial charge in [0, 0.05) is 28.3 Å². The Balaban J connectivity index is 1.90. The van der Waals surface area contributed by atoms with E-state index in [0.717, 1.165) is 11.1 Å². The summed E-state index contributed by atoms with van der Waals surface area (Å²) in [5, 5.41) is 12.8. The van der Waals surface area contributed by atoms with Crippen LogP contribution in [0.5, 0.6) is 5.75 Å². The molecule has 0 aliphatic heterocycles. The average Bonchev–Trinajstić information content (AvgIpc) is 2.91. The molecule has 5 nitrogen and oxygen atoms in total. The summed E-state index contributed by atoms with van der Waals surface area (Å²) in [4.78, 5) is 13.8. The summed E-state index contributed by atoms with van der Waals surface area (Å²) in [7, 11) is 1.41. The Morgan fingerprint density at radius 2 is 1.91 bits per heavy atom. The lowest BCUT2D eigenvalue weighted by Gasteiger charge is -2.08. The van der Waals surface area contributed by atoms with Crippen molar-refractivity contribution in [1.82, 2.24) is 4.98 Å². The molecule has 0 radical (unpaired) electrons. The van der Waals surface area contributed by atoms with Crippen molar-refractivity contribution in [3.63, 3.8) is 0 Å². The predicted octanol–water partition coefficient (Wildman–Crippen LogP) is 3.76. The number of aromatic carboxylic acids is 1. The number of rotatable bonds is 4. The molecule has 0 bridgehead atoms. The summed E-state index contributed by atoms with van der Waals surface area (Å²) in [5.74, 6) is -1.29. The van der Waals surface area contributed by atoms with Crippen molar-refractivity contribution in [1.29, 1.82) is 0 Å². The van der Waals surface area contributed by atoms with E-state index >= 15 is 0 Å². The Hall–Kier alpha value is -3.02. The molecule has 3 aromatic rings. The molecule has 22 heavy (non-hydrogen) atoms. The van der Waals surface area contributed by atoms with Gasteiger partial charge in [-0.15, -0.1) is 0 Å². The number of ether oxygens (including phenoxy) is 1. The summed E-state index contributed by atoms with van der Waals surface area (Å²) in [6.07, 6.45) is 0. The van der Waals surface area contributed by atoms with Crippen LogP contribution in [-0.2, 0) is 0 Å². The molecule has 112 valence electrons. The summed E-state index contributed by atoms with van der Waals surface area (Å²) >= 11 is 0. The van der Waals surface area contributed by atoms with Gasteiger partial charge in [-0.05, 0) is 30.3 Å². The van der Waals surface area contributed by atoms with Gasteiger partial charge >= 0.3 is 5.97 Å². The van der Waals surface area contributed by atoms with Crippen LogP contribution in [0.15, 0.2) is 42.5 Å². The van der Waals surface area contributed by atoms with Gasteiger partial charge in [0.2, 0.25) is 0 Å². The average molecular weight is 300 g/mol. The van der Waals surface area contributed by atoms with Crippen LogP contribution in [0.3, 0.4) is 0 Å². The molecule has 0 saturated heterocycles. The maximum atomic E-state index is 13.7. The Kier molecular flexibility index (Phi) is 3.42. The molecular formula is C16H13FN2O3. The second-order valence-electron chi connectivity index (χ2n) is 4.76. The minimum absolute atomic E-state index is 0.127. The Morgan fingerprint density at radius 1 is 1.18 bits per heavy atom. The molecule has 3 N–H and O–H groups in total. The molecule has 0 spiro atoms. The number of aromatic nitrogens is 1. The number of hydrogen-bond donors (Lipinski definition) is 3. The fourth-order valence-corrected chi connectivity index (χ4v) is 2.23. The number of halogens is 1. The third kappa shape index (κ3) is 2.58. The van der Waals surface area contributed by atoms with Crippen LogP contribution in [0.2, 0.25) is 0 Å². The lowest BCUT2D eigenvalue weighted by molar-refractivity contribution is 0.0691. The fourth-order valence-electron chi connectivity index (χ4n) is 2.23. The topological polar surface area (TPSA) is 74.3 Å². The van der Waals surface area contributed by atoms with Crippen molar-refractivity contribution in [2.75, 3.05) is 12.4 Å². The first-order valence-corrected chi connectivity index (χ1v) is 6.53. The molecular weight excluding hydrogens is 287 g/mol. The first-order valence-electron chi connectivity index (χ1n) is 6.53. The highest BCUT2D eigenvalue weighted by Gasteiger charge is 2.08. The van der Waals surface area contributed by atoms with E-state index < -0.39 is 11.8 Å². The standard InChI is InChI=1S/C16H13FN2O3/c1-22-15-5-4-10(7-12(15)17)18-11-3-2-9-6-14(16(20)21)19-13(9)8-11/h2-8,18-19H,1H3,(H,20,21). The van der Waals surface area contributed by atoms with E-state index in [1.165, 1.54) is 19.2 Å². The van der Waals surface area contributed by atoms with Gasteiger partial charge in [-0.2, -0.15) is 0 Å². The first-order chi connectivity index (χ1) is 10.6. The van der Waals surface area contributed by atoms with Gasteiger partial charge in [-0.3, -0.25) is 0 Å². The Labute approximate surface area is 125 Å². The zero-order valence-electron chi connectivity index (χ0n) is 11.7. The molecule has 1 heterocycles. The number of carbonyl (C=O) groups is 1. The second-order valence-corrected chi connectivity index (χ2v) is 4.76. The third-order valence-corrected chi connectivity index (χ3v) is 3.29. The molecule has 2 aromatic carbocycles. The van der Waals surface area contributed by atoms with Crippen molar-refractivity contribution in [3.05, 3.63) is 54.0 Å². The normalized spacial score (nSPS) is 10.6. The maximum absolute atomic E-state index is 13.7. The van der Waals surface area contributed by atoms with Crippen molar-refractivity contribution in [3.8, 4) is 5.75 Å². The van der Waals surface area contributed by atoms with E-state index in [-0.39, 0.29) is 11.4 Å². The molecule has 0 atom stereocenters. The number of anilines is 2. The molecule has 3 rings (SSSR count). The van der Waals surface area contributed by atoms with Crippen LogP contribution in [0, 0.1) is 5.82 Å². The number of carboxylic acids is 1. The monoisotopic (exact) mass is 300 g/mol. The lowest BCUT2D eigenvalue weighted by Crippen LogP contribution is -1.95. The van der Waals surface area contributed by atoms with E-state index in [1.807, 2.05) is 0 Å². The fraction of sp³-hybridized carbons (Fsp3) is 0.0625. The number of H-pyrrole nitrogens is 1.